The number of epoxide rings is 2. The predicted molar refractivity (Wildman–Crippen MR) is 84.5 cm³/mol. The molecule has 2 aliphatic carbocycles. The lowest BCUT2D eigenvalue weighted by molar-refractivity contribution is -0.119. The minimum absolute atomic E-state index is 0.0237. The van der Waals surface area contributed by atoms with E-state index in [9.17, 15) is 4.79 Å². The summed E-state index contributed by atoms with van der Waals surface area (Å²) in [6.45, 7) is 10.9. The molecule has 7 atom stereocenters. The standard InChI is InChI=1S/C19H28O3/c1-11-13-9-15(20)12(2)14(11)5-7-18(3)16(21-18)6-8-19(4)17(10-13)22-19/h11,13-14,16-17H,2,5-10H2,1,3-4H3/t11-,13?,14?,16?,17?,18?,19?/m1/s1. The molecule has 0 spiro atoms. The minimum atomic E-state index is 0.0237. The molecule has 6 unspecified atom stereocenters. The number of allylic oxidation sites excluding steroid dienone is 1. The van der Waals surface area contributed by atoms with Crippen LogP contribution in [0.2, 0.25) is 0 Å². The highest BCUT2D eigenvalue weighted by molar-refractivity contribution is 5.96. The molecule has 0 radical (unpaired) electrons. The molecule has 3 heteroatoms. The molecule has 2 saturated carbocycles. The molecule has 2 bridgehead atoms. The Kier molecular flexibility index (Phi) is 3.16. The maximum Gasteiger partial charge on any atom is 0.158 e. The van der Waals surface area contributed by atoms with E-state index >= 15 is 0 Å². The fourth-order valence-electron chi connectivity index (χ4n) is 4.96. The van der Waals surface area contributed by atoms with Gasteiger partial charge in [-0.15, -0.1) is 0 Å². The van der Waals surface area contributed by atoms with Gasteiger partial charge in [0.1, 0.15) is 0 Å². The van der Waals surface area contributed by atoms with Crippen LogP contribution in [0.25, 0.3) is 0 Å². The molecule has 0 amide bonds. The molecule has 22 heavy (non-hydrogen) atoms. The van der Waals surface area contributed by atoms with Gasteiger partial charge in [0, 0.05) is 6.42 Å². The Bertz CT molecular complexity index is 527. The normalized spacial score (nSPS) is 54.6. The van der Waals surface area contributed by atoms with Gasteiger partial charge in [0.2, 0.25) is 0 Å². The number of hydrogen-bond donors (Lipinski definition) is 0. The van der Waals surface area contributed by atoms with Crippen molar-refractivity contribution in [3.8, 4) is 0 Å². The zero-order valence-corrected chi connectivity index (χ0v) is 14.1. The molecular weight excluding hydrogens is 276 g/mol. The molecule has 122 valence electrons. The van der Waals surface area contributed by atoms with Crippen LogP contribution in [-0.2, 0) is 14.3 Å². The minimum Gasteiger partial charge on any atom is -0.366 e. The van der Waals surface area contributed by atoms with E-state index in [1.807, 2.05) is 0 Å². The molecule has 2 aliphatic heterocycles. The Morgan fingerprint density at radius 1 is 1.09 bits per heavy atom. The topological polar surface area (TPSA) is 42.1 Å². The molecule has 3 nitrogen and oxygen atoms in total. The summed E-state index contributed by atoms with van der Waals surface area (Å²) in [5, 5.41) is 0. The van der Waals surface area contributed by atoms with Gasteiger partial charge < -0.3 is 9.47 Å². The van der Waals surface area contributed by atoms with Crippen molar-refractivity contribution in [1.29, 1.82) is 0 Å². The van der Waals surface area contributed by atoms with Gasteiger partial charge in [-0.2, -0.15) is 0 Å². The fraction of sp³-hybridized carbons (Fsp3) is 0.842. The first-order valence-electron chi connectivity index (χ1n) is 8.90. The first kappa shape index (κ1) is 14.9. The van der Waals surface area contributed by atoms with Crippen molar-refractivity contribution in [3.05, 3.63) is 12.2 Å². The van der Waals surface area contributed by atoms with Crippen LogP contribution in [-0.4, -0.2) is 29.2 Å². The fourth-order valence-corrected chi connectivity index (χ4v) is 4.96. The summed E-state index contributed by atoms with van der Waals surface area (Å²) in [6, 6.07) is 0. The van der Waals surface area contributed by atoms with E-state index in [0.29, 0.717) is 36.4 Å². The largest absolute Gasteiger partial charge is 0.366 e. The highest BCUT2D eigenvalue weighted by Gasteiger charge is 2.58. The number of carbonyl (C=O) groups is 1. The summed E-state index contributed by atoms with van der Waals surface area (Å²) in [7, 11) is 0. The lowest BCUT2D eigenvalue weighted by Gasteiger charge is -2.37. The van der Waals surface area contributed by atoms with Gasteiger partial charge >= 0.3 is 0 Å². The van der Waals surface area contributed by atoms with E-state index < -0.39 is 0 Å². The van der Waals surface area contributed by atoms with Gasteiger partial charge in [0.15, 0.2) is 5.78 Å². The van der Waals surface area contributed by atoms with Crippen LogP contribution in [0.4, 0.5) is 0 Å². The van der Waals surface area contributed by atoms with Crippen molar-refractivity contribution in [1.82, 2.24) is 0 Å². The van der Waals surface area contributed by atoms with Crippen LogP contribution < -0.4 is 0 Å². The Balaban J connectivity index is 1.59. The van der Waals surface area contributed by atoms with Gasteiger partial charge in [0.05, 0.1) is 23.4 Å². The van der Waals surface area contributed by atoms with Crippen molar-refractivity contribution < 1.29 is 14.3 Å². The van der Waals surface area contributed by atoms with E-state index in [4.69, 9.17) is 9.47 Å². The summed E-state index contributed by atoms with van der Waals surface area (Å²) in [5.41, 5.74) is 0.912. The van der Waals surface area contributed by atoms with Crippen molar-refractivity contribution >= 4 is 5.78 Å². The number of hydrogen-bond acceptors (Lipinski definition) is 3. The predicted octanol–water partition coefficient (Wildman–Crippen LogP) is 3.66. The Morgan fingerprint density at radius 3 is 2.50 bits per heavy atom. The second kappa shape index (κ2) is 4.67. The zero-order valence-electron chi connectivity index (χ0n) is 14.1. The number of fused-ring (bicyclic) bond motifs is 4. The number of Topliss-reactive ketones (excluding diaryl/α,β-unsaturated/α-hetero) is 1. The van der Waals surface area contributed by atoms with E-state index in [1.165, 1.54) is 0 Å². The van der Waals surface area contributed by atoms with Crippen LogP contribution >= 0.6 is 0 Å². The van der Waals surface area contributed by atoms with Crippen molar-refractivity contribution in [3.63, 3.8) is 0 Å². The molecule has 0 N–H and O–H groups in total. The summed E-state index contributed by atoms with van der Waals surface area (Å²) in [5.74, 6) is 1.60. The Hall–Kier alpha value is -0.670. The molecule has 2 saturated heterocycles. The number of carbonyl (C=O) groups excluding carboxylic acids is 1. The number of ether oxygens (including phenoxy) is 2. The van der Waals surface area contributed by atoms with E-state index in [2.05, 4.69) is 27.4 Å². The highest BCUT2D eigenvalue weighted by Crippen LogP contribution is 2.53. The maximum atomic E-state index is 12.4. The number of rotatable bonds is 0. The molecule has 2 heterocycles. The first-order valence-corrected chi connectivity index (χ1v) is 8.90. The monoisotopic (exact) mass is 304 g/mol. The quantitative estimate of drug-likeness (QED) is 0.506. The van der Waals surface area contributed by atoms with Crippen LogP contribution in [0, 0.1) is 17.8 Å². The second-order valence-electron chi connectivity index (χ2n) is 8.53. The second-order valence-corrected chi connectivity index (χ2v) is 8.53. The van der Waals surface area contributed by atoms with Gasteiger partial charge in [-0.05, 0) is 69.3 Å². The SMILES string of the molecule is C=C1C(=O)CC2CC3OC3(C)CCC3OC3(C)CCC1[C@@H]2C. The summed E-state index contributed by atoms with van der Waals surface area (Å²) < 4.78 is 12.0. The van der Waals surface area contributed by atoms with Crippen LogP contribution in [0.3, 0.4) is 0 Å². The van der Waals surface area contributed by atoms with E-state index in [0.717, 1.165) is 37.7 Å². The van der Waals surface area contributed by atoms with Crippen LogP contribution in [0.1, 0.15) is 59.3 Å². The first-order chi connectivity index (χ1) is 10.3. The van der Waals surface area contributed by atoms with E-state index in [1.54, 1.807) is 0 Å². The van der Waals surface area contributed by atoms with Gasteiger partial charge in [-0.1, -0.05) is 13.5 Å². The highest BCUT2D eigenvalue weighted by atomic mass is 16.6. The third-order valence-corrected chi connectivity index (χ3v) is 7.07. The summed E-state index contributed by atoms with van der Waals surface area (Å²) >= 11 is 0. The van der Waals surface area contributed by atoms with Crippen molar-refractivity contribution in [2.45, 2.75) is 82.7 Å². The lowest BCUT2D eigenvalue weighted by Crippen LogP contribution is -2.35. The smallest absolute Gasteiger partial charge is 0.158 e. The van der Waals surface area contributed by atoms with Crippen LogP contribution in [0.5, 0.6) is 0 Å². The number of ketones is 1. The average molecular weight is 304 g/mol. The molecule has 4 rings (SSSR count). The van der Waals surface area contributed by atoms with E-state index in [-0.39, 0.29) is 17.0 Å². The lowest BCUT2D eigenvalue weighted by atomic mass is 9.66. The molecular formula is C19H28O3. The molecule has 0 aromatic carbocycles. The molecule has 0 aromatic rings. The summed E-state index contributed by atoms with van der Waals surface area (Å²) in [6.07, 6.45) is 6.71. The molecule has 4 aliphatic rings. The van der Waals surface area contributed by atoms with Gasteiger partial charge in [0.25, 0.3) is 0 Å². The van der Waals surface area contributed by atoms with Crippen LogP contribution in [0.15, 0.2) is 12.2 Å². The van der Waals surface area contributed by atoms with Gasteiger partial charge in [-0.3, -0.25) is 4.79 Å². The maximum absolute atomic E-state index is 12.4. The molecule has 4 fully saturated rings. The summed E-state index contributed by atoms with van der Waals surface area (Å²) in [4.78, 5) is 12.4. The third-order valence-electron chi connectivity index (χ3n) is 7.07. The average Bonchev–Trinajstić information content (AvgIpc) is 3.30. The molecule has 0 aromatic heterocycles. The third kappa shape index (κ3) is 2.28. The van der Waals surface area contributed by atoms with Crippen molar-refractivity contribution in [2.24, 2.45) is 17.8 Å². The zero-order chi connectivity index (χ0) is 15.7. The Morgan fingerprint density at radius 2 is 1.73 bits per heavy atom. The Labute approximate surface area is 133 Å². The van der Waals surface area contributed by atoms with Crippen molar-refractivity contribution in [2.75, 3.05) is 0 Å². The van der Waals surface area contributed by atoms with Gasteiger partial charge in [-0.25, -0.2) is 0 Å².